The molecule has 4 rings (SSSR count). The molecule has 0 spiro atoms. The van der Waals surface area contributed by atoms with Gasteiger partial charge in [-0.2, -0.15) is 10.2 Å². The zero-order chi connectivity index (χ0) is 20.9. The van der Waals surface area contributed by atoms with Gasteiger partial charge in [0.25, 0.3) is 0 Å². The first-order chi connectivity index (χ1) is 14.6. The van der Waals surface area contributed by atoms with Crippen LogP contribution in [0.2, 0.25) is 0 Å². The topological polar surface area (TPSA) is 64.7 Å². The molecule has 0 aliphatic heterocycles. The number of nitrogens with zero attached hydrogens (tertiary/aromatic N) is 4. The van der Waals surface area contributed by atoms with Gasteiger partial charge < -0.3 is 5.32 Å². The SMILES string of the molecule is Cc1nn(-c2ccccc2)c(C)c1C=CC(=O)Nc1ccn(Cc2ccccc2)n1. The Bertz CT molecular complexity index is 1170. The molecule has 2 aromatic carbocycles. The minimum Gasteiger partial charge on any atom is -0.306 e. The van der Waals surface area contributed by atoms with Crippen LogP contribution >= 0.6 is 0 Å². The number of para-hydroxylation sites is 1. The quantitative estimate of drug-likeness (QED) is 0.491. The van der Waals surface area contributed by atoms with Gasteiger partial charge in [0.15, 0.2) is 5.82 Å². The van der Waals surface area contributed by atoms with E-state index in [0.29, 0.717) is 12.4 Å². The van der Waals surface area contributed by atoms with Crippen molar-refractivity contribution in [2.45, 2.75) is 20.4 Å². The van der Waals surface area contributed by atoms with Gasteiger partial charge in [-0.3, -0.25) is 9.48 Å². The number of aromatic nitrogens is 4. The fourth-order valence-electron chi connectivity index (χ4n) is 3.33. The van der Waals surface area contributed by atoms with Crippen molar-refractivity contribution < 1.29 is 4.79 Å². The maximum absolute atomic E-state index is 12.4. The average Bonchev–Trinajstić information content (AvgIpc) is 3.31. The summed E-state index contributed by atoms with van der Waals surface area (Å²) >= 11 is 0. The third kappa shape index (κ3) is 4.38. The van der Waals surface area contributed by atoms with Crippen molar-refractivity contribution in [1.82, 2.24) is 19.6 Å². The number of rotatable bonds is 6. The predicted octanol–water partition coefficient (Wildman–Crippen LogP) is 4.39. The summed E-state index contributed by atoms with van der Waals surface area (Å²) in [5, 5.41) is 11.8. The van der Waals surface area contributed by atoms with E-state index in [1.807, 2.05) is 85.4 Å². The molecular weight excluding hydrogens is 374 g/mol. The van der Waals surface area contributed by atoms with Crippen LogP contribution in [0.15, 0.2) is 79.0 Å². The molecule has 6 nitrogen and oxygen atoms in total. The average molecular weight is 397 g/mol. The standard InChI is InChI=1S/C24H23N5O/c1-18-22(19(2)29(26-18)21-11-7-4-8-12-21)13-14-24(30)25-23-15-16-28(27-23)17-20-9-5-3-6-10-20/h3-16H,17H2,1-2H3,(H,25,27,30). The highest BCUT2D eigenvalue weighted by Gasteiger charge is 2.11. The van der Waals surface area contributed by atoms with E-state index in [-0.39, 0.29) is 5.91 Å². The van der Waals surface area contributed by atoms with Crippen molar-refractivity contribution in [3.8, 4) is 5.69 Å². The molecule has 0 saturated carbocycles. The van der Waals surface area contributed by atoms with Crippen LogP contribution in [0.25, 0.3) is 11.8 Å². The second-order valence-corrected chi connectivity index (χ2v) is 7.04. The van der Waals surface area contributed by atoms with E-state index in [9.17, 15) is 4.79 Å². The van der Waals surface area contributed by atoms with Crippen LogP contribution in [0.1, 0.15) is 22.5 Å². The summed E-state index contributed by atoms with van der Waals surface area (Å²) in [4.78, 5) is 12.4. The van der Waals surface area contributed by atoms with Gasteiger partial charge in [-0.15, -0.1) is 0 Å². The Hall–Kier alpha value is -3.93. The summed E-state index contributed by atoms with van der Waals surface area (Å²) in [6, 6.07) is 21.8. The van der Waals surface area contributed by atoms with Gasteiger partial charge in [-0.05, 0) is 37.6 Å². The fourth-order valence-corrected chi connectivity index (χ4v) is 3.33. The van der Waals surface area contributed by atoms with Gasteiger partial charge in [0.2, 0.25) is 5.91 Å². The third-order valence-corrected chi connectivity index (χ3v) is 4.83. The molecule has 2 aromatic heterocycles. The van der Waals surface area contributed by atoms with E-state index in [4.69, 9.17) is 0 Å². The number of carbonyl (C=O) groups excluding carboxylic acids is 1. The number of benzene rings is 2. The lowest BCUT2D eigenvalue weighted by Crippen LogP contribution is -2.09. The van der Waals surface area contributed by atoms with Crippen LogP contribution < -0.4 is 5.32 Å². The molecule has 1 amide bonds. The number of anilines is 1. The predicted molar refractivity (Wildman–Crippen MR) is 118 cm³/mol. The second-order valence-electron chi connectivity index (χ2n) is 7.04. The second kappa shape index (κ2) is 8.61. The van der Waals surface area contributed by atoms with Crippen molar-refractivity contribution >= 4 is 17.8 Å². The molecule has 0 saturated heterocycles. The van der Waals surface area contributed by atoms with E-state index in [0.717, 1.165) is 28.2 Å². The summed E-state index contributed by atoms with van der Waals surface area (Å²) in [6.45, 7) is 4.59. The van der Waals surface area contributed by atoms with Crippen molar-refractivity contribution in [2.24, 2.45) is 0 Å². The molecular formula is C24H23N5O. The Kier molecular flexibility index (Phi) is 5.57. The van der Waals surface area contributed by atoms with Crippen LogP contribution in [0, 0.1) is 13.8 Å². The Morgan fingerprint density at radius 2 is 1.67 bits per heavy atom. The molecule has 4 aromatic rings. The molecule has 6 heteroatoms. The number of carbonyl (C=O) groups is 1. The van der Waals surface area contributed by atoms with Crippen molar-refractivity contribution in [1.29, 1.82) is 0 Å². The summed E-state index contributed by atoms with van der Waals surface area (Å²) in [6.07, 6.45) is 5.17. The van der Waals surface area contributed by atoms with Gasteiger partial charge in [0, 0.05) is 29.6 Å². The molecule has 150 valence electrons. The molecule has 0 bridgehead atoms. The molecule has 1 N–H and O–H groups in total. The zero-order valence-electron chi connectivity index (χ0n) is 17.0. The lowest BCUT2D eigenvalue weighted by molar-refractivity contribution is -0.111. The third-order valence-electron chi connectivity index (χ3n) is 4.83. The molecule has 30 heavy (non-hydrogen) atoms. The van der Waals surface area contributed by atoms with Crippen LogP contribution in [-0.2, 0) is 11.3 Å². The normalized spacial score (nSPS) is 11.1. The van der Waals surface area contributed by atoms with Gasteiger partial charge >= 0.3 is 0 Å². The maximum Gasteiger partial charge on any atom is 0.249 e. The maximum atomic E-state index is 12.4. The summed E-state index contributed by atoms with van der Waals surface area (Å²) < 4.78 is 3.69. The van der Waals surface area contributed by atoms with Gasteiger partial charge in [0.1, 0.15) is 0 Å². The lowest BCUT2D eigenvalue weighted by Gasteiger charge is -2.03. The van der Waals surface area contributed by atoms with Crippen LogP contribution in [0.5, 0.6) is 0 Å². The first kappa shape index (κ1) is 19.4. The number of amides is 1. The Labute approximate surface area is 175 Å². The van der Waals surface area contributed by atoms with Crippen molar-refractivity contribution in [3.05, 3.63) is 102 Å². The van der Waals surface area contributed by atoms with Crippen LogP contribution in [-0.4, -0.2) is 25.5 Å². The van der Waals surface area contributed by atoms with Crippen LogP contribution in [0.4, 0.5) is 5.82 Å². The lowest BCUT2D eigenvalue weighted by atomic mass is 10.2. The molecule has 0 fully saturated rings. The van der Waals surface area contributed by atoms with Crippen LogP contribution in [0.3, 0.4) is 0 Å². The number of aryl methyl sites for hydroxylation is 1. The van der Waals surface area contributed by atoms with Crippen molar-refractivity contribution in [3.63, 3.8) is 0 Å². The zero-order valence-corrected chi connectivity index (χ0v) is 17.0. The molecule has 0 atom stereocenters. The first-order valence-corrected chi connectivity index (χ1v) is 9.78. The van der Waals surface area contributed by atoms with E-state index in [1.54, 1.807) is 16.8 Å². The van der Waals surface area contributed by atoms with Gasteiger partial charge in [0.05, 0.1) is 17.9 Å². The highest BCUT2D eigenvalue weighted by atomic mass is 16.1. The van der Waals surface area contributed by atoms with E-state index in [2.05, 4.69) is 15.5 Å². The van der Waals surface area contributed by atoms with E-state index < -0.39 is 0 Å². The fraction of sp³-hybridized carbons (Fsp3) is 0.125. The Morgan fingerprint density at radius 3 is 2.40 bits per heavy atom. The van der Waals surface area contributed by atoms with Gasteiger partial charge in [-0.25, -0.2) is 4.68 Å². The van der Waals surface area contributed by atoms with E-state index >= 15 is 0 Å². The van der Waals surface area contributed by atoms with Gasteiger partial charge in [-0.1, -0.05) is 48.5 Å². The smallest absolute Gasteiger partial charge is 0.249 e. The largest absolute Gasteiger partial charge is 0.306 e. The number of hydrogen-bond acceptors (Lipinski definition) is 3. The molecule has 0 radical (unpaired) electrons. The Balaban J connectivity index is 1.43. The molecule has 0 unspecified atom stereocenters. The van der Waals surface area contributed by atoms with E-state index in [1.165, 1.54) is 6.08 Å². The van der Waals surface area contributed by atoms with Crippen molar-refractivity contribution in [2.75, 3.05) is 5.32 Å². The first-order valence-electron chi connectivity index (χ1n) is 9.78. The summed E-state index contributed by atoms with van der Waals surface area (Å²) in [7, 11) is 0. The molecule has 0 aliphatic carbocycles. The summed E-state index contributed by atoms with van der Waals surface area (Å²) in [5.41, 5.74) is 4.93. The Morgan fingerprint density at radius 1 is 0.967 bits per heavy atom. The highest BCUT2D eigenvalue weighted by Crippen LogP contribution is 2.19. The monoisotopic (exact) mass is 397 g/mol. The summed E-state index contributed by atoms with van der Waals surface area (Å²) in [5.74, 6) is 0.292. The highest BCUT2D eigenvalue weighted by molar-refractivity contribution is 6.01. The number of nitrogens with one attached hydrogen (secondary N) is 1. The molecule has 2 heterocycles. The molecule has 0 aliphatic rings. The minimum absolute atomic E-state index is 0.230. The number of hydrogen-bond donors (Lipinski definition) is 1. The minimum atomic E-state index is -0.230.